The van der Waals surface area contributed by atoms with Crippen LogP contribution in [0.2, 0.25) is 0 Å². The van der Waals surface area contributed by atoms with E-state index in [1.54, 1.807) is 12.1 Å². The molecule has 0 bridgehead atoms. The topological polar surface area (TPSA) is 94.1 Å². The van der Waals surface area contributed by atoms with E-state index >= 15 is 0 Å². The summed E-state index contributed by atoms with van der Waals surface area (Å²) < 4.78 is 5.79. The summed E-state index contributed by atoms with van der Waals surface area (Å²) in [6.45, 7) is 4.68. The molecule has 0 saturated carbocycles. The van der Waals surface area contributed by atoms with Gasteiger partial charge < -0.3 is 9.84 Å². The van der Waals surface area contributed by atoms with Crippen molar-refractivity contribution in [2.24, 2.45) is 0 Å². The molecule has 0 unspecified atom stereocenters. The van der Waals surface area contributed by atoms with E-state index in [-0.39, 0.29) is 16.7 Å². The molecule has 0 heterocycles. The zero-order valence-corrected chi connectivity index (χ0v) is 17.7. The molecular weight excluding hydrogens is 376 g/mol. The number of hydrogen-bond acceptors (Lipinski definition) is 4. The lowest BCUT2D eigenvalue weighted by atomic mass is 9.89. The van der Waals surface area contributed by atoms with E-state index in [0.29, 0.717) is 23.5 Å². The second-order valence-corrected chi connectivity index (χ2v) is 7.28. The average Bonchev–Trinajstić information content (AvgIpc) is 2.76. The minimum atomic E-state index is -1.14. The minimum absolute atomic E-state index is 0.0114. The van der Waals surface area contributed by atoms with Gasteiger partial charge in [-0.3, -0.25) is 0 Å². The molecule has 0 atom stereocenters. The predicted molar refractivity (Wildman–Crippen MR) is 117 cm³/mol. The Morgan fingerprint density at radius 3 is 2.37 bits per heavy atom. The molecule has 0 aromatic heterocycles. The zero-order chi connectivity index (χ0) is 21.9. The first-order valence-corrected chi connectivity index (χ1v) is 10.5. The fourth-order valence-corrected chi connectivity index (χ4v) is 3.44. The van der Waals surface area contributed by atoms with Gasteiger partial charge in [-0.05, 0) is 43.0 Å². The zero-order valence-electron chi connectivity index (χ0n) is 17.7. The maximum atomic E-state index is 11.9. The van der Waals surface area contributed by atoms with Crippen molar-refractivity contribution < 1.29 is 14.6 Å². The van der Waals surface area contributed by atoms with Gasteiger partial charge in [0.15, 0.2) is 0 Å². The summed E-state index contributed by atoms with van der Waals surface area (Å²) in [5.41, 5.74) is 2.24. The maximum absolute atomic E-state index is 11.9. The van der Waals surface area contributed by atoms with Gasteiger partial charge in [-0.25, -0.2) is 4.79 Å². The Labute approximate surface area is 178 Å². The van der Waals surface area contributed by atoms with Gasteiger partial charge >= 0.3 is 5.97 Å². The smallest absolute Gasteiger partial charge is 0.336 e. The lowest BCUT2D eigenvalue weighted by Crippen LogP contribution is -2.06. The summed E-state index contributed by atoms with van der Waals surface area (Å²) >= 11 is 0. The number of aromatic carboxylic acids is 1. The summed E-state index contributed by atoms with van der Waals surface area (Å²) in [5.74, 6) is -0.792. The molecule has 0 fully saturated rings. The number of carboxylic acids is 1. The molecule has 30 heavy (non-hydrogen) atoms. The largest absolute Gasteiger partial charge is 0.492 e. The van der Waals surface area contributed by atoms with Gasteiger partial charge in [0.1, 0.15) is 17.4 Å². The number of carbonyl (C=O) groups is 1. The number of carboxylic acid groups (broad SMARTS) is 1. The summed E-state index contributed by atoms with van der Waals surface area (Å²) in [6.07, 6.45) is 7.04. The van der Waals surface area contributed by atoms with Crippen LogP contribution in [0, 0.1) is 22.7 Å². The van der Waals surface area contributed by atoms with E-state index in [1.165, 1.54) is 12.1 Å². The number of benzene rings is 2. The molecule has 1 N–H and O–H groups in total. The Kier molecular flexibility index (Phi) is 8.91. The normalized spacial score (nSPS) is 10.3. The van der Waals surface area contributed by atoms with E-state index in [4.69, 9.17) is 4.74 Å². The Morgan fingerprint density at radius 2 is 1.73 bits per heavy atom. The van der Waals surface area contributed by atoms with E-state index in [9.17, 15) is 20.4 Å². The van der Waals surface area contributed by atoms with Crippen molar-refractivity contribution in [2.75, 3.05) is 6.61 Å². The molecule has 0 saturated heterocycles. The molecule has 5 heteroatoms. The summed E-state index contributed by atoms with van der Waals surface area (Å²) in [4.78, 5) is 11.9. The highest BCUT2D eigenvalue weighted by molar-refractivity contribution is 5.99. The number of nitrogens with zero attached hydrogens (tertiary/aromatic N) is 2. The number of aryl methyl sites for hydroxylation is 1. The number of nitriles is 2. The van der Waals surface area contributed by atoms with Gasteiger partial charge in [0, 0.05) is 11.1 Å². The lowest BCUT2D eigenvalue weighted by molar-refractivity contribution is 0.0697. The van der Waals surface area contributed by atoms with Crippen molar-refractivity contribution in [3.05, 3.63) is 52.6 Å². The fourth-order valence-electron chi connectivity index (χ4n) is 3.44. The average molecular weight is 405 g/mol. The molecule has 0 aliphatic heterocycles. The summed E-state index contributed by atoms with van der Waals surface area (Å²) in [6, 6.07) is 12.7. The third-order valence-corrected chi connectivity index (χ3v) is 5.06. The minimum Gasteiger partial charge on any atom is -0.492 e. The van der Waals surface area contributed by atoms with Gasteiger partial charge in [0.05, 0.1) is 23.8 Å². The van der Waals surface area contributed by atoms with Gasteiger partial charge in [-0.15, -0.1) is 0 Å². The third-order valence-electron chi connectivity index (χ3n) is 5.06. The molecule has 2 rings (SSSR count). The van der Waals surface area contributed by atoms with Crippen LogP contribution >= 0.6 is 0 Å². The highest BCUT2D eigenvalue weighted by Gasteiger charge is 2.22. The Bertz CT molecular complexity index is 968. The van der Waals surface area contributed by atoms with E-state index in [1.807, 2.05) is 6.07 Å². The second kappa shape index (κ2) is 11.6. The summed E-state index contributed by atoms with van der Waals surface area (Å²) in [7, 11) is 0. The molecule has 0 aliphatic carbocycles. The van der Waals surface area contributed by atoms with Crippen molar-refractivity contribution in [2.45, 2.75) is 58.8 Å². The van der Waals surface area contributed by atoms with Crippen LogP contribution in [-0.4, -0.2) is 17.7 Å². The number of rotatable bonds is 11. The van der Waals surface area contributed by atoms with Crippen LogP contribution in [-0.2, 0) is 6.42 Å². The molecule has 156 valence electrons. The highest BCUT2D eigenvalue weighted by Crippen LogP contribution is 2.36. The van der Waals surface area contributed by atoms with Crippen LogP contribution in [0.3, 0.4) is 0 Å². The molecule has 2 aromatic carbocycles. The number of ether oxygens (including phenoxy) is 1. The second-order valence-electron chi connectivity index (χ2n) is 7.28. The number of hydrogen-bond donors (Lipinski definition) is 1. The van der Waals surface area contributed by atoms with Crippen LogP contribution in [0.25, 0.3) is 11.1 Å². The first kappa shape index (κ1) is 23.0. The van der Waals surface area contributed by atoms with Crippen LogP contribution < -0.4 is 4.74 Å². The Balaban J connectivity index is 2.54. The molecule has 0 radical (unpaired) electrons. The van der Waals surface area contributed by atoms with Crippen molar-refractivity contribution in [1.82, 2.24) is 0 Å². The molecule has 0 amide bonds. The van der Waals surface area contributed by atoms with Crippen LogP contribution in [0.1, 0.15) is 79.4 Å². The summed E-state index contributed by atoms with van der Waals surface area (Å²) in [5, 5.41) is 29.3. The van der Waals surface area contributed by atoms with Gasteiger partial charge in [-0.2, -0.15) is 10.5 Å². The van der Waals surface area contributed by atoms with Crippen LogP contribution in [0.4, 0.5) is 0 Å². The lowest BCUT2D eigenvalue weighted by Gasteiger charge is -2.15. The van der Waals surface area contributed by atoms with Crippen molar-refractivity contribution in [3.63, 3.8) is 0 Å². The van der Waals surface area contributed by atoms with E-state index < -0.39 is 5.97 Å². The standard InChI is InChI=1S/C25H28N2O3/c1-3-5-7-9-18-10-11-20(19(15-18)16-26)24-21(25(28)29)12-13-23(22(24)17-27)30-14-8-6-4-2/h10-13,15H,3-9,14H2,1-2H3,(H,28,29). The molecule has 0 spiro atoms. The van der Waals surface area contributed by atoms with Crippen molar-refractivity contribution in [3.8, 4) is 29.0 Å². The number of unbranched alkanes of at least 4 members (excludes halogenated alkanes) is 4. The molecule has 2 aromatic rings. The Hall–Kier alpha value is -3.31. The van der Waals surface area contributed by atoms with Crippen LogP contribution in [0.15, 0.2) is 30.3 Å². The maximum Gasteiger partial charge on any atom is 0.336 e. The monoisotopic (exact) mass is 404 g/mol. The SMILES string of the molecule is CCCCCOc1ccc(C(=O)O)c(-c2ccc(CCCCC)cc2C#N)c1C#N. The molecule has 0 aliphatic rings. The van der Waals surface area contributed by atoms with E-state index in [0.717, 1.165) is 50.5 Å². The quantitative estimate of drug-likeness (QED) is 0.457. The van der Waals surface area contributed by atoms with Crippen molar-refractivity contribution >= 4 is 5.97 Å². The highest BCUT2D eigenvalue weighted by atomic mass is 16.5. The molecular formula is C25H28N2O3. The molecule has 5 nitrogen and oxygen atoms in total. The van der Waals surface area contributed by atoms with Crippen LogP contribution in [0.5, 0.6) is 5.75 Å². The van der Waals surface area contributed by atoms with Crippen molar-refractivity contribution in [1.29, 1.82) is 10.5 Å². The first-order chi connectivity index (χ1) is 14.6. The first-order valence-electron chi connectivity index (χ1n) is 10.5. The van der Waals surface area contributed by atoms with E-state index in [2.05, 4.69) is 26.0 Å². The van der Waals surface area contributed by atoms with Gasteiger partial charge in [-0.1, -0.05) is 51.7 Å². The third kappa shape index (κ3) is 5.61. The Morgan fingerprint density at radius 1 is 1.00 bits per heavy atom. The van der Waals surface area contributed by atoms with Gasteiger partial charge in [0.25, 0.3) is 0 Å². The fraction of sp³-hybridized carbons (Fsp3) is 0.400. The van der Waals surface area contributed by atoms with Gasteiger partial charge in [0.2, 0.25) is 0 Å². The predicted octanol–water partition coefficient (Wildman–Crippen LogP) is 6.10.